The summed E-state index contributed by atoms with van der Waals surface area (Å²) in [6, 6.07) is 11.3. The summed E-state index contributed by atoms with van der Waals surface area (Å²) in [7, 11) is 0. The van der Waals surface area contributed by atoms with Crippen LogP contribution in [0.1, 0.15) is 12.1 Å². The van der Waals surface area contributed by atoms with Gasteiger partial charge in [-0.25, -0.2) is 0 Å². The van der Waals surface area contributed by atoms with E-state index in [0.29, 0.717) is 5.69 Å². The monoisotopic (exact) mass is 225 g/mol. The van der Waals surface area contributed by atoms with Crippen molar-refractivity contribution in [2.75, 3.05) is 5.32 Å². The first kappa shape index (κ1) is 11.1. The Morgan fingerprint density at radius 1 is 1.41 bits per heavy atom. The Bertz CT molecular complexity index is 614. The number of nitrogens with zero attached hydrogens (tertiary/aromatic N) is 2. The number of para-hydroxylation sites is 1. The molecule has 0 aliphatic rings. The van der Waals surface area contributed by atoms with Crippen molar-refractivity contribution in [3.05, 3.63) is 36.0 Å². The van der Waals surface area contributed by atoms with E-state index in [1.54, 1.807) is 6.07 Å². The molecule has 0 aliphatic carbocycles. The van der Waals surface area contributed by atoms with Gasteiger partial charge in [-0.1, -0.05) is 18.2 Å². The maximum Gasteiger partial charge on any atom is 0.238 e. The van der Waals surface area contributed by atoms with E-state index >= 15 is 0 Å². The SMILES string of the molecule is Cc1ccc2cccc(NC(=O)CC#N)c2n1. The molecule has 1 aromatic carbocycles. The molecule has 0 saturated carbocycles. The molecule has 2 aromatic rings. The van der Waals surface area contributed by atoms with E-state index in [1.165, 1.54) is 0 Å². The average molecular weight is 225 g/mol. The number of hydrogen-bond acceptors (Lipinski definition) is 3. The van der Waals surface area contributed by atoms with Crippen LogP contribution in [0.5, 0.6) is 0 Å². The van der Waals surface area contributed by atoms with Gasteiger partial charge in [-0.3, -0.25) is 9.78 Å². The molecule has 4 nitrogen and oxygen atoms in total. The zero-order chi connectivity index (χ0) is 12.3. The number of aryl methyl sites for hydroxylation is 1. The standard InChI is InChI=1S/C13H11N3O/c1-9-5-6-10-3-2-4-11(13(10)15-9)16-12(17)7-8-14/h2-6H,7H2,1H3,(H,16,17). The van der Waals surface area contributed by atoms with Gasteiger partial charge in [-0.05, 0) is 19.1 Å². The summed E-state index contributed by atoms with van der Waals surface area (Å²) in [4.78, 5) is 15.8. The third-order valence-electron chi connectivity index (χ3n) is 2.37. The van der Waals surface area contributed by atoms with E-state index in [0.717, 1.165) is 16.6 Å². The lowest BCUT2D eigenvalue weighted by atomic mass is 10.1. The van der Waals surface area contributed by atoms with Crippen LogP contribution in [-0.2, 0) is 4.79 Å². The number of carbonyl (C=O) groups is 1. The molecular weight excluding hydrogens is 214 g/mol. The summed E-state index contributed by atoms with van der Waals surface area (Å²) in [6.07, 6.45) is -0.151. The Balaban J connectivity index is 2.43. The van der Waals surface area contributed by atoms with E-state index in [1.807, 2.05) is 37.3 Å². The van der Waals surface area contributed by atoms with Crippen LogP contribution in [0.2, 0.25) is 0 Å². The second kappa shape index (κ2) is 4.62. The predicted octanol–water partition coefficient (Wildman–Crippen LogP) is 2.40. The van der Waals surface area contributed by atoms with Gasteiger partial charge in [0.2, 0.25) is 5.91 Å². The average Bonchev–Trinajstić information content (AvgIpc) is 2.30. The molecule has 84 valence electrons. The third kappa shape index (κ3) is 2.40. The van der Waals surface area contributed by atoms with Crippen LogP contribution in [0.4, 0.5) is 5.69 Å². The van der Waals surface area contributed by atoms with Crippen molar-refractivity contribution in [3.8, 4) is 6.07 Å². The zero-order valence-corrected chi connectivity index (χ0v) is 9.40. The highest BCUT2D eigenvalue weighted by Crippen LogP contribution is 2.21. The molecule has 17 heavy (non-hydrogen) atoms. The number of benzene rings is 1. The summed E-state index contributed by atoms with van der Waals surface area (Å²) in [5, 5.41) is 12.1. The van der Waals surface area contributed by atoms with Gasteiger partial charge in [-0.2, -0.15) is 5.26 Å². The van der Waals surface area contributed by atoms with Crippen molar-refractivity contribution < 1.29 is 4.79 Å². The summed E-state index contributed by atoms with van der Waals surface area (Å²) in [5.41, 5.74) is 2.28. The fourth-order valence-electron chi connectivity index (χ4n) is 1.61. The molecule has 0 saturated heterocycles. The van der Waals surface area contributed by atoms with Crippen LogP contribution in [0, 0.1) is 18.3 Å². The number of anilines is 1. The van der Waals surface area contributed by atoms with Crippen molar-refractivity contribution in [1.29, 1.82) is 5.26 Å². The van der Waals surface area contributed by atoms with Crippen molar-refractivity contribution in [2.45, 2.75) is 13.3 Å². The Kier molecular flexibility index (Phi) is 3.01. The smallest absolute Gasteiger partial charge is 0.238 e. The van der Waals surface area contributed by atoms with Gasteiger partial charge >= 0.3 is 0 Å². The number of hydrogen-bond donors (Lipinski definition) is 1. The summed E-state index contributed by atoms with van der Waals surface area (Å²) >= 11 is 0. The second-order valence-electron chi connectivity index (χ2n) is 3.71. The number of fused-ring (bicyclic) bond motifs is 1. The van der Waals surface area contributed by atoms with E-state index in [2.05, 4.69) is 10.3 Å². The molecule has 0 aliphatic heterocycles. The van der Waals surface area contributed by atoms with Crippen LogP contribution in [0.15, 0.2) is 30.3 Å². The minimum atomic E-state index is -0.316. The predicted molar refractivity (Wildman–Crippen MR) is 65.3 cm³/mol. The molecule has 0 unspecified atom stereocenters. The number of nitriles is 1. The van der Waals surface area contributed by atoms with Crippen molar-refractivity contribution in [1.82, 2.24) is 4.98 Å². The molecule has 4 heteroatoms. The Hall–Kier alpha value is -2.41. The first-order valence-electron chi connectivity index (χ1n) is 5.24. The molecule has 0 radical (unpaired) electrons. The fraction of sp³-hybridized carbons (Fsp3) is 0.154. The minimum Gasteiger partial charge on any atom is -0.323 e. The highest BCUT2D eigenvalue weighted by atomic mass is 16.1. The van der Waals surface area contributed by atoms with Crippen molar-refractivity contribution in [3.63, 3.8) is 0 Å². The fourth-order valence-corrected chi connectivity index (χ4v) is 1.61. The van der Waals surface area contributed by atoms with Crippen LogP contribution in [0.3, 0.4) is 0 Å². The van der Waals surface area contributed by atoms with Crippen molar-refractivity contribution in [2.24, 2.45) is 0 Å². The third-order valence-corrected chi connectivity index (χ3v) is 2.37. The molecule has 1 heterocycles. The van der Waals surface area contributed by atoms with Gasteiger partial charge in [0, 0.05) is 11.1 Å². The Labute approximate surface area is 98.9 Å². The van der Waals surface area contributed by atoms with Crippen LogP contribution in [-0.4, -0.2) is 10.9 Å². The topological polar surface area (TPSA) is 65.8 Å². The van der Waals surface area contributed by atoms with E-state index in [-0.39, 0.29) is 12.3 Å². The number of amides is 1. The van der Waals surface area contributed by atoms with Crippen LogP contribution in [0.25, 0.3) is 10.9 Å². The lowest BCUT2D eigenvalue weighted by Crippen LogP contribution is -2.10. The first-order chi connectivity index (χ1) is 8.20. The molecule has 2 rings (SSSR count). The molecule has 0 atom stereocenters. The lowest BCUT2D eigenvalue weighted by Gasteiger charge is -2.07. The van der Waals surface area contributed by atoms with Crippen LogP contribution >= 0.6 is 0 Å². The quantitative estimate of drug-likeness (QED) is 0.853. The maximum absolute atomic E-state index is 11.4. The second-order valence-corrected chi connectivity index (χ2v) is 3.71. The molecule has 0 bridgehead atoms. The number of aromatic nitrogens is 1. The van der Waals surface area contributed by atoms with Gasteiger partial charge < -0.3 is 5.32 Å². The largest absolute Gasteiger partial charge is 0.323 e. The molecule has 1 N–H and O–H groups in total. The molecular formula is C13H11N3O. The Morgan fingerprint density at radius 3 is 3.00 bits per heavy atom. The molecule has 0 fully saturated rings. The number of carbonyl (C=O) groups excluding carboxylic acids is 1. The normalized spacial score (nSPS) is 9.88. The summed E-state index contributed by atoms with van der Waals surface area (Å²) < 4.78 is 0. The van der Waals surface area contributed by atoms with Gasteiger partial charge in [0.15, 0.2) is 0 Å². The van der Waals surface area contributed by atoms with Gasteiger partial charge in [-0.15, -0.1) is 0 Å². The molecule has 0 spiro atoms. The molecule has 1 aromatic heterocycles. The number of nitrogens with one attached hydrogen (secondary N) is 1. The van der Waals surface area contributed by atoms with Gasteiger partial charge in [0.05, 0.1) is 17.3 Å². The minimum absolute atomic E-state index is 0.151. The Morgan fingerprint density at radius 2 is 2.24 bits per heavy atom. The van der Waals surface area contributed by atoms with E-state index < -0.39 is 0 Å². The number of rotatable bonds is 2. The molecule has 1 amide bonds. The highest BCUT2D eigenvalue weighted by Gasteiger charge is 2.06. The maximum atomic E-state index is 11.4. The summed E-state index contributed by atoms with van der Waals surface area (Å²) in [5.74, 6) is -0.316. The lowest BCUT2D eigenvalue weighted by molar-refractivity contribution is -0.115. The highest BCUT2D eigenvalue weighted by molar-refractivity contribution is 6.00. The van der Waals surface area contributed by atoms with Gasteiger partial charge in [0.25, 0.3) is 0 Å². The zero-order valence-electron chi connectivity index (χ0n) is 9.40. The first-order valence-corrected chi connectivity index (χ1v) is 5.24. The summed E-state index contributed by atoms with van der Waals surface area (Å²) in [6.45, 7) is 1.90. The van der Waals surface area contributed by atoms with Crippen LogP contribution < -0.4 is 5.32 Å². The van der Waals surface area contributed by atoms with Gasteiger partial charge in [0.1, 0.15) is 6.42 Å². The van der Waals surface area contributed by atoms with E-state index in [4.69, 9.17) is 5.26 Å². The van der Waals surface area contributed by atoms with E-state index in [9.17, 15) is 4.79 Å². The number of pyridine rings is 1. The van der Waals surface area contributed by atoms with Crippen molar-refractivity contribution >= 4 is 22.5 Å².